The minimum atomic E-state index is -0.230. The van der Waals surface area contributed by atoms with E-state index in [1.165, 1.54) is 12.0 Å². The lowest BCUT2D eigenvalue weighted by Gasteiger charge is -2.55. The summed E-state index contributed by atoms with van der Waals surface area (Å²) in [6.07, 6.45) is 9.33. The number of rotatable bonds is 0. The summed E-state index contributed by atoms with van der Waals surface area (Å²) < 4.78 is 0. The van der Waals surface area contributed by atoms with Crippen molar-refractivity contribution in [3.05, 3.63) is 22.8 Å². The second kappa shape index (κ2) is 4.70. The number of hydrogen-bond donors (Lipinski definition) is 2. The van der Waals surface area contributed by atoms with E-state index in [-0.39, 0.29) is 23.0 Å². The molecule has 2 heteroatoms. The highest BCUT2D eigenvalue weighted by Gasteiger charge is 2.54. The van der Waals surface area contributed by atoms with Crippen LogP contribution in [0.1, 0.15) is 65.7 Å². The molecule has 0 amide bonds. The Morgan fingerprint density at radius 3 is 2.55 bits per heavy atom. The highest BCUT2D eigenvalue weighted by atomic mass is 16.3. The first-order valence-corrected chi connectivity index (χ1v) is 9.17. The number of fused-ring (bicyclic) bond motifs is 4. The maximum Gasteiger partial charge on any atom is 0.0724 e. The third kappa shape index (κ3) is 1.80. The second-order valence-electron chi connectivity index (χ2n) is 8.82. The standard InChI is InChI=1S/C20H30O2/c1-12-10-13-11-14(21)6-8-19(13,2)16-7-9-20(3)15(18(12)16)4-5-17(20)22/h11-12,14,16-17,21-22H,4-10H2,1-3H3/t12?,14?,16-,17?,19+,20+/m1/s1. The van der Waals surface area contributed by atoms with E-state index in [0.717, 1.165) is 38.5 Å². The predicted molar refractivity (Wildman–Crippen MR) is 88.3 cm³/mol. The predicted octanol–water partition coefficient (Wildman–Crippen LogP) is 3.98. The smallest absolute Gasteiger partial charge is 0.0724 e. The van der Waals surface area contributed by atoms with Crippen LogP contribution in [0.5, 0.6) is 0 Å². The topological polar surface area (TPSA) is 40.5 Å². The van der Waals surface area contributed by atoms with Crippen LogP contribution in [0, 0.1) is 22.7 Å². The molecule has 2 nitrogen and oxygen atoms in total. The molecule has 2 fully saturated rings. The fourth-order valence-corrected chi connectivity index (χ4v) is 6.24. The summed E-state index contributed by atoms with van der Waals surface area (Å²) in [4.78, 5) is 0. The average molecular weight is 302 g/mol. The van der Waals surface area contributed by atoms with E-state index >= 15 is 0 Å². The van der Waals surface area contributed by atoms with Gasteiger partial charge in [-0.1, -0.05) is 43.6 Å². The summed E-state index contributed by atoms with van der Waals surface area (Å²) in [5.41, 5.74) is 5.11. The largest absolute Gasteiger partial charge is 0.392 e. The summed E-state index contributed by atoms with van der Waals surface area (Å²) in [5.74, 6) is 1.22. The Morgan fingerprint density at radius 2 is 1.77 bits per heavy atom. The van der Waals surface area contributed by atoms with E-state index in [4.69, 9.17) is 0 Å². The van der Waals surface area contributed by atoms with Crippen molar-refractivity contribution in [1.29, 1.82) is 0 Å². The summed E-state index contributed by atoms with van der Waals surface area (Å²) in [6, 6.07) is 0. The molecule has 0 aromatic rings. The van der Waals surface area contributed by atoms with Gasteiger partial charge in [0.1, 0.15) is 0 Å². The van der Waals surface area contributed by atoms with Crippen molar-refractivity contribution in [3.8, 4) is 0 Å². The molecular weight excluding hydrogens is 272 g/mol. The van der Waals surface area contributed by atoms with E-state index < -0.39 is 0 Å². The number of aliphatic hydroxyl groups is 2. The van der Waals surface area contributed by atoms with Gasteiger partial charge in [0.25, 0.3) is 0 Å². The van der Waals surface area contributed by atoms with Gasteiger partial charge in [0.15, 0.2) is 0 Å². The summed E-state index contributed by atoms with van der Waals surface area (Å²) in [5, 5.41) is 20.6. The minimum absolute atomic E-state index is 0.0475. The van der Waals surface area contributed by atoms with E-state index in [1.807, 2.05) is 0 Å². The quantitative estimate of drug-likeness (QED) is 0.664. The molecule has 0 aromatic carbocycles. The molecule has 6 atom stereocenters. The molecule has 3 unspecified atom stereocenters. The van der Waals surface area contributed by atoms with Crippen molar-refractivity contribution >= 4 is 0 Å². The van der Waals surface area contributed by atoms with Gasteiger partial charge >= 0.3 is 0 Å². The Labute approximate surface area is 134 Å². The monoisotopic (exact) mass is 302 g/mol. The van der Waals surface area contributed by atoms with Crippen LogP contribution in [0.15, 0.2) is 22.8 Å². The minimum Gasteiger partial charge on any atom is -0.392 e. The van der Waals surface area contributed by atoms with Crippen LogP contribution >= 0.6 is 0 Å². The molecule has 122 valence electrons. The highest BCUT2D eigenvalue weighted by molar-refractivity contribution is 5.41. The van der Waals surface area contributed by atoms with Gasteiger partial charge in [-0.3, -0.25) is 0 Å². The van der Waals surface area contributed by atoms with Crippen molar-refractivity contribution in [2.45, 2.75) is 77.9 Å². The first-order valence-electron chi connectivity index (χ1n) is 9.17. The molecule has 0 saturated heterocycles. The summed E-state index contributed by atoms with van der Waals surface area (Å²) in [7, 11) is 0. The van der Waals surface area contributed by atoms with Crippen LogP contribution in [0.2, 0.25) is 0 Å². The van der Waals surface area contributed by atoms with E-state index in [9.17, 15) is 10.2 Å². The molecule has 0 aliphatic heterocycles. The molecular formula is C20H30O2. The molecule has 4 aliphatic rings. The van der Waals surface area contributed by atoms with Crippen molar-refractivity contribution < 1.29 is 10.2 Å². The summed E-state index contributed by atoms with van der Waals surface area (Å²) in [6.45, 7) is 7.11. The first kappa shape index (κ1) is 15.0. The molecule has 22 heavy (non-hydrogen) atoms. The zero-order chi connectivity index (χ0) is 15.7. The molecule has 0 spiro atoms. The van der Waals surface area contributed by atoms with Crippen molar-refractivity contribution in [2.75, 3.05) is 0 Å². The zero-order valence-corrected chi connectivity index (χ0v) is 14.2. The Morgan fingerprint density at radius 1 is 1.05 bits per heavy atom. The molecule has 0 heterocycles. The van der Waals surface area contributed by atoms with Crippen LogP contribution in [0.25, 0.3) is 0 Å². The lowest BCUT2D eigenvalue weighted by Crippen LogP contribution is -2.45. The van der Waals surface area contributed by atoms with Crippen LogP contribution < -0.4 is 0 Å². The Hall–Kier alpha value is -0.600. The maximum absolute atomic E-state index is 10.5. The molecule has 4 rings (SSSR count). The molecule has 0 aromatic heterocycles. The number of hydrogen-bond acceptors (Lipinski definition) is 2. The molecule has 0 bridgehead atoms. The van der Waals surface area contributed by atoms with Crippen LogP contribution in [0.3, 0.4) is 0 Å². The molecule has 0 radical (unpaired) electrons. The van der Waals surface area contributed by atoms with Crippen LogP contribution in [-0.4, -0.2) is 22.4 Å². The van der Waals surface area contributed by atoms with Gasteiger partial charge in [0, 0.05) is 5.41 Å². The van der Waals surface area contributed by atoms with Gasteiger partial charge in [0.2, 0.25) is 0 Å². The van der Waals surface area contributed by atoms with Gasteiger partial charge in [0.05, 0.1) is 12.2 Å². The number of allylic oxidation sites excluding steroid dienone is 2. The van der Waals surface area contributed by atoms with Gasteiger partial charge in [-0.05, 0) is 62.2 Å². The second-order valence-corrected chi connectivity index (χ2v) is 8.82. The Bertz CT molecular complexity index is 560. The molecule has 4 aliphatic carbocycles. The SMILES string of the molecule is CC1CC2=CC(O)CC[C@]2(C)[C@@H]2CC[C@@]3(C)C(=C12)CCC3O. The maximum atomic E-state index is 10.5. The highest BCUT2D eigenvalue weighted by Crippen LogP contribution is 2.63. The molecule has 2 saturated carbocycles. The third-order valence-corrected chi connectivity index (χ3v) is 7.68. The third-order valence-electron chi connectivity index (χ3n) is 7.68. The average Bonchev–Trinajstić information content (AvgIpc) is 2.77. The Balaban J connectivity index is 1.83. The normalized spacial score (nSPS) is 51.0. The lowest BCUT2D eigenvalue weighted by molar-refractivity contribution is 0.0478. The van der Waals surface area contributed by atoms with E-state index in [0.29, 0.717) is 11.8 Å². The van der Waals surface area contributed by atoms with Crippen LogP contribution in [-0.2, 0) is 0 Å². The van der Waals surface area contributed by atoms with Gasteiger partial charge in [-0.25, -0.2) is 0 Å². The van der Waals surface area contributed by atoms with E-state index in [1.54, 1.807) is 11.1 Å². The Kier molecular flexibility index (Phi) is 3.20. The van der Waals surface area contributed by atoms with Crippen molar-refractivity contribution in [1.82, 2.24) is 0 Å². The first-order chi connectivity index (χ1) is 10.4. The fourth-order valence-electron chi connectivity index (χ4n) is 6.24. The van der Waals surface area contributed by atoms with Crippen molar-refractivity contribution in [2.24, 2.45) is 22.7 Å². The summed E-state index contributed by atoms with van der Waals surface area (Å²) >= 11 is 0. The van der Waals surface area contributed by atoms with Crippen LogP contribution in [0.4, 0.5) is 0 Å². The van der Waals surface area contributed by atoms with Gasteiger partial charge in [-0.15, -0.1) is 0 Å². The van der Waals surface area contributed by atoms with Crippen molar-refractivity contribution in [3.63, 3.8) is 0 Å². The number of aliphatic hydroxyl groups excluding tert-OH is 2. The van der Waals surface area contributed by atoms with Gasteiger partial charge < -0.3 is 10.2 Å². The fraction of sp³-hybridized carbons (Fsp3) is 0.800. The van der Waals surface area contributed by atoms with Gasteiger partial charge in [-0.2, -0.15) is 0 Å². The van der Waals surface area contributed by atoms with E-state index in [2.05, 4.69) is 26.8 Å². The zero-order valence-electron chi connectivity index (χ0n) is 14.2. The molecule has 2 N–H and O–H groups in total. The lowest BCUT2D eigenvalue weighted by atomic mass is 9.50.